The van der Waals surface area contributed by atoms with E-state index in [4.69, 9.17) is 19.0 Å². The van der Waals surface area contributed by atoms with Crippen molar-refractivity contribution in [3.63, 3.8) is 0 Å². The molecule has 132 valence electrons. The summed E-state index contributed by atoms with van der Waals surface area (Å²) in [6.45, 7) is 1.83. The standard InChI is InChI=1S/C16H18F3NO4/c1-2-22-14-7-11(3-4-13(14)23-10-16(17,18)19)12-8-15(24-20-12)5-6-21-9-15/h3-4,7H,2,5-6,8-10H2,1H3. The Morgan fingerprint density at radius 2 is 2.08 bits per heavy atom. The zero-order valence-corrected chi connectivity index (χ0v) is 13.2. The van der Waals surface area contributed by atoms with Gasteiger partial charge in [0.1, 0.15) is 0 Å². The van der Waals surface area contributed by atoms with Gasteiger partial charge in [-0.1, -0.05) is 5.16 Å². The molecule has 8 heteroatoms. The van der Waals surface area contributed by atoms with Gasteiger partial charge in [-0.2, -0.15) is 13.2 Å². The van der Waals surface area contributed by atoms with Crippen molar-refractivity contribution in [3.05, 3.63) is 23.8 Å². The molecule has 0 aromatic heterocycles. The molecule has 0 amide bonds. The van der Waals surface area contributed by atoms with Crippen LogP contribution in [0.25, 0.3) is 0 Å². The summed E-state index contributed by atoms with van der Waals surface area (Å²) in [6.07, 6.45) is -3.03. The largest absolute Gasteiger partial charge is 0.490 e. The molecular formula is C16H18F3NO4. The van der Waals surface area contributed by atoms with Crippen LogP contribution in [-0.4, -0.2) is 43.9 Å². The molecule has 1 aromatic rings. The van der Waals surface area contributed by atoms with E-state index in [9.17, 15) is 13.2 Å². The summed E-state index contributed by atoms with van der Waals surface area (Å²) in [5.41, 5.74) is 1.05. The summed E-state index contributed by atoms with van der Waals surface area (Å²) >= 11 is 0. The van der Waals surface area contributed by atoms with E-state index >= 15 is 0 Å². The third-order valence-corrected chi connectivity index (χ3v) is 3.87. The van der Waals surface area contributed by atoms with Gasteiger partial charge in [-0.3, -0.25) is 0 Å². The molecule has 0 saturated carbocycles. The molecule has 2 heterocycles. The molecule has 0 aliphatic carbocycles. The van der Waals surface area contributed by atoms with Crippen molar-refractivity contribution in [2.75, 3.05) is 26.4 Å². The first kappa shape index (κ1) is 16.9. The second-order valence-electron chi connectivity index (χ2n) is 5.79. The molecule has 1 atom stereocenters. The highest BCUT2D eigenvalue weighted by molar-refractivity contribution is 6.02. The summed E-state index contributed by atoms with van der Waals surface area (Å²) in [5.74, 6) is 0.307. The van der Waals surface area contributed by atoms with Crippen molar-refractivity contribution in [1.29, 1.82) is 0 Å². The number of oxime groups is 1. The molecule has 1 unspecified atom stereocenters. The van der Waals surface area contributed by atoms with Crippen LogP contribution in [0.2, 0.25) is 0 Å². The van der Waals surface area contributed by atoms with Gasteiger partial charge in [-0.25, -0.2) is 0 Å². The number of alkyl halides is 3. The quantitative estimate of drug-likeness (QED) is 0.822. The molecule has 1 fully saturated rings. The van der Waals surface area contributed by atoms with Crippen molar-refractivity contribution in [3.8, 4) is 11.5 Å². The van der Waals surface area contributed by atoms with E-state index < -0.39 is 18.4 Å². The van der Waals surface area contributed by atoms with Crippen LogP contribution in [0, 0.1) is 0 Å². The fourth-order valence-electron chi connectivity index (χ4n) is 2.71. The van der Waals surface area contributed by atoms with Gasteiger partial charge in [0.15, 0.2) is 23.7 Å². The number of nitrogens with zero attached hydrogens (tertiary/aromatic N) is 1. The molecule has 5 nitrogen and oxygen atoms in total. The average Bonchev–Trinajstić information content (AvgIpc) is 3.16. The van der Waals surface area contributed by atoms with Crippen LogP contribution in [0.15, 0.2) is 23.4 Å². The van der Waals surface area contributed by atoms with Gasteiger partial charge in [-0.15, -0.1) is 0 Å². The van der Waals surface area contributed by atoms with Crippen molar-refractivity contribution < 1.29 is 32.2 Å². The summed E-state index contributed by atoms with van der Waals surface area (Å²) in [7, 11) is 0. The monoisotopic (exact) mass is 345 g/mol. The van der Waals surface area contributed by atoms with E-state index in [0.29, 0.717) is 26.2 Å². The van der Waals surface area contributed by atoms with E-state index in [1.165, 1.54) is 6.07 Å². The SMILES string of the molecule is CCOc1cc(C2=NOC3(CCOC3)C2)ccc1OCC(F)(F)F. The average molecular weight is 345 g/mol. The Labute approximate surface area is 137 Å². The maximum Gasteiger partial charge on any atom is 0.422 e. The molecule has 24 heavy (non-hydrogen) atoms. The number of ether oxygens (including phenoxy) is 3. The Kier molecular flexibility index (Phi) is 4.58. The van der Waals surface area contributed by atoms with Gasteiger partial charge >= 0.3 is 6.18 Å². The smallest absolute Gasteiger partial charge is 0.422 e. The van der Waals surface area contributed by atoms with E-state index in [-0.39, 0.29) is 11.5 Å². The molecule has 2 aliphatic rings. The Balaban J connectivity index is 1.76. The van der Waals surface area contributed by atoms with E-state index in [0.717, 1.165) is 17.7 Å². The highest BCUT2D eigenvalue weighted by atomic mass is 19.4. The van der Waals surface area contributed by atoms with Crippen molar-refractivity contribution >= 4 is 5.71 Å². The molecule has 3 rings (SSSR count). The topological polar surface area (TPSA) is 49.3 Å². The van der Waals surface area contributed by atoms with Crippen LogP contribution < -0.4 is 9.47 Å². The van der Waals surface area contributed by atoms with E-state index in [2.05, 4.69) is 5.16 Å². The zero-order valence-electron chi connectivity index (χ0n) is 13.2. The molecule has 1 aromatic carbocycles. The summed E-state index contributed by atoms with van der Waals surface area (Å²) < 4.78 is 52.6. The number of hydrogen-bond acceptors (Lipinski definition) is 5. The summed E-state index contributed by atoms with van der Waals surface area (Å²) in [6, 6.07) is 4.75. The first-order valence-corrected chi connectivity index (χ1v) is 7.70. The lowest BCUT2D eigenvalue weighted by Crippen LogP contribution is -2.29. The van der Waals surface area contributed by atoms with E-state index in [1.54, 1.807) is 19.1 Å². The number of hydrogen-bond donors (Lipinski definition) is 0. The summed E-state index contributed by atoms with van der Waals surface area (Å²) in [4.78, 5) is 5.53. The van der Waals surface area contributed by atoms with Crippen LogP contribution in [-0.2, 0) is 9.57 Å². The zero-order chi connectivity index (χ0) is 17.2. The van der Waals surface area contributed by atoms with Crippen LogP contribution in [0.5, 0.6) is 11.5 Å². The highest BCUT2D eigenvalue weighted by Crippen LogP contribution is 2.36. The minimum absolute atomic E-state index is 0.0522. The first-order valence-electron chi connectivity index (χ1n) is 7.70. The lowest BCUT2D eigenvalue weighted by molar-refractivity contribution is -0.153. The molecule has 2 aliphatic heterocycles. The minimum Gasteiger partial charge on any atom is -0.490 e. The molecule has 0 bridgehead atoms. The normalized spacial score (nSPS) is 23.2. The van der Waals surface area contributed by atoms with Crippen molar-refractivity contribution in [2.24, 2.45) is 5.16 Å². The Morgan fingerprint density at radius 1 is 1.25 bits per heavy atom. The second kappa shape index (κ2) is 6.51. The second-order valence-corrected chi connectivity index (χ2v) is 5.79. The maximum absolute atomic E-state index is 12.3. The van der Waals surface area contributed by atoms with Crippen LogP contribution in [0.1, 0.15) is 25.3 Å². The Morgan fingerprint density at radius 3 is 2.75 bits per heavy atom. The lowest BCUT2D eigenvalue weighted by Gasteiger charge is -2.17. The van der Waals surface area contributed by atoms with Crippen molar-refractivity contribution in [2.45, 2.75) is 31.5 Å². The number of benzene rings is 1. The van der Waals surface area contributed by atoms with Gasteiger partial charge in [0.2, 0.25) is 0 Å². The van der Waals surface area contributed by atoms with Gasteiger partial charge in [-0.05, 0) is 25.1 Å². The van der Waals surface area contributed by atoms with Crippen molar-refractivity contribution in [1.82, 2.24) is 0 Å². The van der Waals surface area contributed by atoms with Crippen LogP contribution >= 0.6 is 0 Å². The van der Waals surface area contributed by atoms with E-state index in [1.807, 2.05) is 0 Å². The maximum atomic E-state index is 12.3. The van der Waals surface area contributed by atoms with Gasteiger partial charge in [0, 0.05) is 18.4 Å². The highest BCUT2D eigenvalue weighted by Gasteiger charge is 2.43. The molecule has 0 radical (unpaired) electrons. The Hall–Kier alpha value is -1.96. The van der Waals surface area contributed by atoms with Gasteiger partial charge in [0.05, 0.1) is 25.5 Å². The third-order valence-electron chi connectivity index (χ3n) is 3.87. The summed E-state index contributed by atoms with van der Waals surface area (Å²) in [5, 5.41) is 4.12. The predicted molar refractivity (Wildman–Crippen MR) is 79.6 cm³/mol. The fraction of sp³-hybridized carbons (Fsp3) is 0.562. The van der Waals surface area contributed by atoms with Crippen LogP contribution in [0.4, 0.5) is 13.2 Å². The fourth-order valence-corrected chi connectivity index (χ4v) is 2.71. The van der Waals surface area contributed by atoms with Gasteiger partial charge in [0.25, 0.3) is 0 Å². The molecule has 0 N–H and O–H groups in total. The molecule has 1 saturated heterocycles. The predicted octanol–water partition coefficient (Wildman–Crippen LogP) is 3.31. The first-order chi connectivity index (χ1) is 11.4. The molecular weight excluding hydrogens is 327 g/mol. The third kappa shape index (κ3) is 3.75. The van der Waals surface area contributed by atoms with Crippen LogP contribution in [0.3, 0.4) is 0 Å². The number of halogens is 3. The molecule has 1 spiro atoms. The van der Waals surface area contributed by atoms with Gasteiger partial charge < -0.3 is 19.0 Å². The minimum atomic E-state index is -4.40. The Bertz CT molecular complexity index is 624. The number of rotatable bonds is 5. The lowest BCUT2D eigenvalue weighted by atomic mass is 9.93.